The van der Waals surface area contributed by atoms with Gasteiger partial charge in [0.1, 0.15) is 5.69 Å². The number of carbonyl (C=O) groups excluding carboxylic acids is 1. The van der Waals surface area contributed by atoms with Crippen LogP contribution in [-0.2, 0) is 6.54 Å². The number of nitrogens with one attached hydrogen (secondary N) is 1. The molecule has 0 saturated carbocycles. The summed E-state index contributed by atoms with van der Waals surface area (Å²) in [7, 11) is 3.52. The van der Waals surface area contributed by atoms with Crippen LogP contribution in [0.15, 0.2) is 42.6 Å². The van der Waals surface area contributed by atoms with Gasteiger partial charge in [-0.15, -0.1) is 0 Å². The molecular formula is C16H16N4O. The van der Waals surface area contributed by atoms with Crippen molar-refractivity contribution in [2.45, 2.75) is 6.54 Å². The van der Waals surface area contributed by atoms with Gasteiger partial charge in [0, 0.05) is 20.6 Å². The predicted molar refractivity (Wildman–Crippen MR) is 80.7 cm³/mol. The van der Waals surface area contributed by atoms with Crippen molar-refractivity contribution in [2.75, 3.05) is 19.4 Å². The molecule has 0 fully saturated rings. The smallest absolute Gasteiger partial charge is 0.272 e. The topological polar surface area (TPSA) is 69.0 Å². The van der Waals surface area contributed by atoms with E-state index in [2.05, 4.69) is 16.4 Å². The van der Waals surface area contributed by atoms with E-state index in [1.807, 2.05) is 18.2 Å². The van der Waals surface area contributed by atoms with Crippen LogP contribution in [0.2, 0.25) is 0 Å². The quantitative estimate of drug-likeness (QED) is 0.932. The molecule has 0 bridgehead atoms. The minimum Gasteiger partial charge on any atom is -0.387 e. The van der Waals surface area contributed by atoms with Gasteiger partial charge in [-0.25, -0.2) is 4.98 Å². The fourth-order valence-electron chi connectivity index (χ4n) is 1.95. The fraction of sp³-hybridized carbons (Fsp3) is 0.188. The largest absolute Gasteiger partial charge is 0.387 e. The van der Waals surface area contributed by atoms with Gasteiger partial charge in [-0.1, -0.05) is 12.1 Å². The lowest BCUT2D eigenvalue weighted by Crippen LogP contribution is -2.27. The summed E-state index contributed by atoms with van der Waals surface area (Å²) in [6.45, 7) is 0.434. The van der Waals surface area contributed by atoms with Crippen LogP contribution in [0.1, 0.15) is 21.6 Å². The number of nitriles is 1. The number of carbonyl (C=O) groups is 1. The van der Waals surface area contributed by atoms with Crippen LogP contribution in [0.3, 0.4) is 0 Å². The van der Waals surface area contributed by atoms with E-state index in [4.69, 9.17) is 5.26 Å². The average Bonchev–Trinajstić information content (AvgIpc) is 2.54. The second kappa shape index (κ2) is 6.53. The second-order valence-electron chi connectivity index (χ2n) is 4.66. The number of pyridine rings is 1. The highest BCUT2D eigenvalue weighted by atomic mass is 16.2. The van der Waals surface area contributed by atoms with E-state index in [0.29, 0.717) is 17.8 Å². The van der Waals surface area contributed by atoms with Crippen molar-refractivity contribution in [1.29, 1.82) is 5.26 Å². The maximum absolute atomic E-state index is 12.3. The van der Waals surface area contributed by atoms with Crippen molar-refractivity contribution in [3.63, 3.8) is 0 Å². The van der Waals surface area contributed by atoms with Crippen LogP contribution < -0.4 is 5.32 Å². The second-order valence-corrected chi connectivity index (χ2v) is 4.66. The Morgan fingerprint density at radius 1 is 1.38 bits per heavy atom. The molecule has 0 atom stereocenters. The lowest BCUT2D eigenvalue weighted by molar-refractivity contribution is 0.0779. The number of aromatic nitrogens is 1. The zero-order valence-electron chi connectivity index (χ0n) is 12.0. The first-order valence-corrected chi connectivity index (χ1v) is 6.52. The predicted octanol–water partition coefficient (Wildman–Crippen LogP) is 2.27. The van der Waals surface area contributed by atoms with Crippen LogP contribution in [-0.4, -0.2) is 29.9 Å². The van der Waals surface area contributed by atoms with E-state index in [9.17, 15) is 4.79 Å². The molecule has 21 heavy (non-hydrogen) atoms. The summed E-state index contributed by atoms with van der Waals surface area (Å²) < 4.78 is 0. The van der Waals surface area contributed by atoms with Gasteiger partial charge in [-0.3, -0.25) is 4.79 Å². The van der Waals surface area contributed by atoms with Gasteiger partial charge >= 0.3 is 0 Å². The van der Waals surface area contributed by atoms with Crippen molar-refractivity contribution < 1.29 is 4.79 Å². The number of benzene rings is 1. The summed E-state index contributed by atoms with van der Waals surface area (Å²) in [4.78, 5) is 18.0. The third-order valence-electron chi connectivity index (χ3n) is 3.09. The van der Waals surface area contributed by atoms with Crippen molar-refractivity contribution in [2.24, 2.45) is 0 Å². The van der Waals surface area contributed by atoms with Crippen molar-refractivity contribution in [3.05, 3.63) is 59.4 Å². The molecule has 1 aromatic heterocycles. The molecule has 1 amide bonds. The Hall–Kier alpha value is -2.87. The van der Waals surface area contributed by atoms with E-state index in [0.717, 1.165) is 11.3 Å². The van der Waals surface area contributed by atoms with E-state index >= 15 is 0 Å². The third kappa shape index (κ3) is 3.57. The Bertz CT molecular complexity index is 673. The summed E-state index contributed by atoms with van der Waals surface area (Å²) in [5, 5.41) is 11.8. The Balaban J connectivity index is 2.09. The molecule has 0 aliphatic carbocycles. The lowest BCUT2D eigenvalue weighted by atomic mass is 10.1. The van der Waals surface area contributed by atoms with Gasteiger partial charge in [0.25, 0.3) is 5.91 Å². The molecule has 2 rings (SSSR count). The number of nitrogens with zero attached hydrogens (tertiary/aromatic N) is 3. The molecular weight excluding hydrogens is 264 g/mol. The van der Waals surface area contributed by atoms with Gasteiger partial charge in [-0.2, -0.15) is 5.26 Å². The molecule has 0 unspecified atom stereocenters. The minimum atomic E-state index is -0.153. The summed E-state index contributed by atoms with van der Waals surface area (Å²) in [6, 6.07) is 12.8. The van der Waals surface area contributed by atoms with Crippen molar-refractivity contribution >= 4 is 11.6 Å². The molecule has 1 heterocycles. The van der Waals surface area contributed by atoms with Crippen LogP contribution >= 0.6 is 0 Å². The average molecular weight is 280 g/mol. The molecule has 1 aromatic carbocycles. The zero-order chi connectivity index (χ0) is 15.2. The van der Waals surface area contributed by atoms with Gasteiger partial charge in [0.2, 0.25) is 0 Å². The number of anilines is 1. The number of amides is 1. The molecule has 0 spiro atoms. The Morgan fingerprint density at radius 3 is 2.81 bits per heavy atom. The number of hydrogen-bond donors (Lipinski definition) is 1. The maximum Gasteiger partial charge on any atom is 0.272 e. The number of rotatable bonds is 4. The molecule has 0 aliphatic heterocycles. The molecule has 106 valence electrons. The summed E-state index contributed by atoms with van der Waals surface area (Å²) in [6.07, 6.45) is 1.62. The standard InChI is InChI=1S/C16H16N4O/c1-18-14-6-7-15(19-10-14)16(21)20(2)11-13-5-3-4-12(8-13)9-17/h3-8,10,18H,11H2,1-2H3. The van der Waals surface area contributed by atoms with E-state index in [-0.39, 0.29) is 5.91 Å². The highest BCUT2D eigenvalue weighted by Crippen LogP contribution is 2.10. The van der Waals surface area contributed by atoms with E-state index in [1.165, 1.54) is 0 Å². The highest BCUT2D eigenvalue weighted by Gasteiger charge is 2.13. The van der Waals surface area contributed by atoms with E-state index < -0.39 is 0 Å². The highest BCUT2D eigenvalue weighted by molar-refractivity contribution is 5.92. The summed E-state index contributed by atoms with van der Waals surface area (Å²) >= 11 is 0. The first-order chi connectivity index (χ1) is 10.1. The third-order valence-corrected chi connectivity index (χ3v) is 3.09. The zero-order valence-corrected chi connectivity index (χ0v) is 12.0. The van der Waals surface area contributed by atoms with Gasteiger partial charge in [0.15, 0.2) is 0 Å². The molecule has 5 heteroatoms. The maximum atomic E-state index is 12.3. The molecule has 5 nitrogen and oxygen atoms in total. The van der Waals surface area contributed by atoms with Crippen molar-refractivity contribution in [1.82, 2.24) is 9.88 Å². The van der Waals surface area contributed by atoms with Gasteiger partial charge in [-0.05, 0) is 29.8 Å². The minimum absolute atomic E-state index is 0.153. The van der Waals surface area contributed by atoms with Crippen LogP contribution in [0.5, 0.6) is 0 Å². The molecule has 2 aromatic rings. The molecule has 1 N–H and O–H groups in total. The van der Waals surface area contributed by atoms with Crippen LogP contribution in [0, 0.1) is 11.3 Å². The van der Waals surface area contributed by atoms with Crippen LogP contribution in [0.25, 0.3) is 0 Å². The van der Waals surface area contributed by atoms with Crippen molar-refractivity contribution in [3.8, 4) is 6.07 Å². The van der Waals surface area contributed by atoms with Crippen LogP contribution in [0.4, 0.5) is 5.69 Å². The monoisotopic (exact) mass is 280 g/mol. The fourth-order valence-corrected chi connectivity index (χ4v) is 1.95. The Kier molecular flexibility index (Phi) is 4.52. The summed E-state index contributed by atoms with van der Waals surface area (Å²) in [5.41, 5.74) is 2.76. The van der Waals surface area contributed by atoms with Gasteiger partial charge < -0.3 is 10.2 Å². The number of hydrogen-bond acceptors (Lipinski definition) is 4. The van der Waals surface area contributed by atoms with Gasteiger partial charge in [0.05, 0.1) is 23.5 Å². The molecule has 0 saturated heterocycles. The summed E-state index contributed by atoms with van der Waals surface area (Å²) in [5.74, 6) is -0.153. The molecule has 0 radical (unpaired) electrons. The molecule has 0 aliphatic rings. The Morgan fingerprint density at radius 2 is 2.19 bits per heavy atom. The lowest BCUT2D eigenvalue weighted by Gasteiger charge is -2.17. The normalized spacial score (nSPS) is 9.76. The Labute approximate surface area is 123 Å². The SMILES string of the molecule is CNc1ccc(C(=O)N(C)Cc2cccc(C#N)c2)nc1. The first kappa shape index (κ1) is 14.5. The van der Waals surface area contributed by atoms with E-state index in [1.54, 1.807) is 43.4 Å². The first-order valence-electron chi connectivity index (χ1n) is 6.52.